The second kappa shape index (κ2) is 12.0. The fourth-order valence-electron chi connectivity index (χ4n) is 3.64. The number of hydrogen-bond donors (Lipinski definition) is 2. The van der Waals surface area contributed by atoms with Crippen molar-refractivity contribution in [2.24, 2.45) is 0 Å². The van der Waals surface area contributed by atoms with Gasteiger partial charge in [-0.3, -0.25) is 9.78 Å². The highest BCUT2D eigenvalue weighted by atomic mass is 32.1. The first-order valence-corrected chi connectivity index (χ1v) is 12.5. The molecule has 0 radical (unpaired) electrons. The molecular weight excluding hydrogens is 474 g/mol. The number of carbonyl (C=O) groups is 2. The number of aromatic nitrogens is 3. The molecule has 0 fully saturated rings. The molecule has 0 aliphatic heterocycles. The van der Waals surface area contributed by atoms with E-state index in [9.17, 15) is 9.59 Å². The number of pyridine rings is 1. The summed E-state index contributed by atoms with van der Waals surface area (Å²) in [6.07, 6.45) is 6.85. The van der Waals surface area contributed by atoms with Crippen LogP contribution in [0.2, 0.25) is 0 Å². The first-order chi connectivity index (χ1) is 17.5. The van der Waals surface area contributed by atoms with E-state index in [1.807, 2.05) is 47.8 Å². The molecule has 0 spiro atoms. The van der Waals surface area contributed by atoms with Crippen LogP contribution in [-0.4, -0.2) is 46.0 Å². The number of rotatable bonds is 10. The highest BCUT2D eigenvalue weighted by Crippen LogP contribution is 2.33. The van der Waals surface area contributed by atoms with Crippen molar-refractivity contribution in [2.45, 2.75) is 26.3 Å². The number of ether oxygens (including phenoxy) is 1. The van der Waals surface area contributed by atoms with Gasteiger partial charge >= 0.3 is 6.09 Å². The zero-order chi connectivity index (χ0) is 25.3. The molecule has 0 saturated heterocycles. The van der Waals surface area contributed by atoms with Crippen molar-refractivity contribution < 1.29 is 14.3 Å². The quantitative estimate of drug-likeness (QED) is 0.290. The number of carbonyl (C=O) groups excluding carboxylic acids is 2. The van der Waals surface area contributed by atoms with Crippen LogP contribution < -0.4 is 10.6 Å². The maximum Gasteiger partial charge on any atom is 0.407 e. The number of anilines is 1. The second-order valence-corrected chi connectivity index (χ2v) is 8.96. The van der Waals surface area contributed by atoms with Gasteiger partial charge in [0.1, 0.15) is 5.82 Å². The second-order valence-electron chi connectivity index (χ2n) is 8.08. The van der Waals surface area contributed by atoms with E-state index >= 15 is 0 Å². The fraction of sp³-hybridized carbons (Fsp3) is 0.222. The first-order valence-electron chi connectivity index (χ1n) is 11.6. The molecule has 0 bridgehead atoms. The van der Waals surface area contributed by atoms with Crippen molar-refractivity contribution in [3.05, 3.63) is 77.4 Å². The molecule has 3 heterocycles. The standard InChI is InChI=1S/C27H27N5O3S/c1-3-35-27(34)30-22(15-19-7-5-4-6-8-19)16-29-26-24-23(21(17-36-24)10-9-18(2)33)31-25(32-26)20-11-13-28-14-12-20/h4-14,17,22H,3,15-16H2,1-2H3,(H,30,34)(H,29,31,32)/b10-9+/t22-/m0/s1. The summed E-state index contributed by atoms with van der Waals surface area (Å²) in [5, 5.41) is 8.33. The van der Waals surface area contributed by atoms with Gasteiger partial charge in [0.05, 0.1) is 22.9 Å². The van der Waals surface area contributed by atoms with Gasteiger partial charge in [0, 0.05) is 35.4 Å². The first kappa shape index (κ1) is 25.0. The highest BCUT2D eigenvalue weighted by molar-refractivity contribution is 7.18. The average molecular weight is 502 g/mol. The van der Waals surface area contributed by atoms with Gasteiger partial charge in [0.25, 0.3) is 0 Å². The number of benzene rings is 1. The Bertz CT molecular complexity index is 1360. The molecule has 4 aromatic rings. The molecule has 36 heavy (non-hydrogen) atoms. The van der Waals surface area contributed by atoms with E-state index in [2.05, 4.69) is 15.6 Å². The number of alkyl carbamates (subject to hydrolysis) is 1. The highest BCUT2D eigenvalue weighted by Gasteiger charge is 2.18. The Labute approximate surface area is 213 Å². The lowest BCUT2D eigenvalue weighted by molar-refractivity contribution is -0.112. The number of allylic oxidation sites excluding steroid dienone is 1. The molecular formula is C27H27N5O3S. The summed E-state index contributed by atoms with van der Waals surface area (Å²) in [4.78, 5) is 37.4. The molecule has 8 nitrogen and oxygen atoms in total. The van der Waals surface area contributed by atoms with Crippen molar-refractivity contribution in [3.63, 3.8) is 0 Å². The van der Waals surface area contributed by atoms with Crippen molar-refractivity contribution >= 4 is 45.3 Å². The van der Waals surface area contributed by atoms with Crippen LogP contribution in [0.5, 0.6) is 0 Å². The van der Waals surface area contributed by atoms with E-state index < -0.39 is 6.09 Å². The summed E-state index contributed by atoms with van der Waals surface area (Å²) in [5.74, 6) is 1.16. The Balaban J connectivity index is 1.66. The molecule has 1 amide bonds. The fourth-order valence-corrected chi connectivity index (χ4v) is 4.58. The molecule has 3 aromatic heterocycles. The Morgan fingerprint density at radius 3 is 2.61 bits per heavy atom. The Morgan fingerprint density at radius 1 is 1.11 bits per heavy atom. The van der Waals surface area contributed by atoms with Gasteiger partial charge in [0.15, 0.2) is 11.6 Å². The number of thiophene rings is 1. The van der Waals surface area contributed by atoms with Gasteiger partial charge in [-0.2, -0.15) is 0 Å². The third-order valence-corrected chi connectivity index (χ3v) is 6.31. The zero-order valence-corrected chi connectivity index (χ0v) is 20.9. The number of nitrogens with one attached hydrogen (secondary N) is 2. The molecule has 2 N–H and O–H groups in total. The van der Waals surface area contributed by atoms with Gasteiger partial charge < -0.3 is 15.4 Å². The van der Waals surface area contributed by atoms with Gasteiger partial charge in [-0.15, -0.1) is 11.3 Å². The van der Waals surface area contributed by atoms with E-state index in [0.717, 1.165) is 26.9 Å². The molecule has 184 valence electrons. The van der Waals surface area contributed by atoms with E-state index in [-0.39, 0.29) is 11.8 Å². The summed E-state index contributed by atoms with van der Waals surface area (Å²) >= 11 is 1.50. The van der Waals surface area contributed by atoms with Crippen LogP contribution in [0.1, 0.15) is 25.0 Å². The summed E-state index contributed by atoms with van der Waals surface area (Å²) in [5.41, 5.74) is 3.52. The molecule has 4 rings (SSSR count). The minimum atomic E-state index is -0.460. The smallest absolute Gasteiger partial charge is 0.407 e. The summed E-state index contributed by atoms with van der Waals surface area (Å²) < 4.78 is 5.98. The third kappa shape index (κ3) is 6.51. The molecule has 0 saturated carbocycles. The largest absolute Gasteiger partial charge is 0.450 e. The number of hydrogen-bond acceptors (Lipinski definition) is 8. The van der Waals surface area contributed by atoms with Crippen molar-refractivity contribution in [1.82, 2.24) is 20.3 Å². The zero-order valence-electron chi connectivity index (χ0n) is 20.1. The number of ketones is 1. The molecule has 1 aromatic carbocycles. The van der Waals surface area contributed by atoms with E-state index in [1.165, 1.54) is 24.3 Å². The maximum atomic E-state index is 12.2. The summed E-state index contributed by atoms with van der Waals surface area (Å²) in [6, 6.07) is 13.4. The molecule has 0 unspecified atom stereocenters. The van der Waals surface area contributed by atoms with Gasteiger partial charge in [-0.1, -0.05) is 30.3 Å². The van der Waals surface area contributed by atoms with E-state index in [4.69, 9.17) is 14.7 Å². The topological polar surface area (TPSA) is 106 Å². The summed E-state index contributed by atoms with van der Waals surface area (Å²) in [7, 11) is 0. The lowest BCUT2D eigenvalue weighted by Crippen LogP contribution is -2.41. The van der Waals surface area contributed by atoms with Crippen LogP contribution in [0.15, 0.2) is 66.3 Å². The maximum absolute atomic E-state index is 12.2. The predicted molar refractivity (Wildman–Crippen MR) is 143 cm³/mol. The van der Waals surface area contributed by atoms with Crippen molar-refractivity contribution in [3.8, 4) is 11.4 Å². The van der Waals surface area contributed by atoms with Crippen molar-refractivity contribution in [2.75, 3.05) is 18.5 Å². The van der Waals surface area contributed by atoms with Gasteiger partial charge in [0.2, 0.25) is 0 Å². The minimum absolute atomic E-state index is 0.0371. The van der Waals surface area contributed by atoms with Crippen LogP contribution >= 0.6 is 11.3 Å². The van der Waals surface area contributed by atoms with E-state index in [0.29, 0.717) is 31.2 Å². The minimum Gasteiger partial charge on any atom is -0.450 e. The van der Waals surface area contributed by atoms with Gasteiger partial charge in [-0.05, 0) is 50.1 Å². The third-order valence-electron chi connectivity index (χ3n) is 5.32. The van der Waals surface area contributed by atoms with Crippen LogP contribution in [0.4, 0.5) is 10.6 Å². The van der Waals surface area contributed by atoms with Gasteiger partial charge in [-0.25, -0.2) is 14.8 Å². The molecule has 0 aliphatic carbocycles. The van der Waals surface area contributed by atoms with Crippen LogP contribution in [-0.2, 0) is 16.0 Å². The van der Waals surface area contributed by atoms with E-state index in [1.54, 1.807) is 25.4 Å². The Kier molecular flexibility index (Phi) is 8.36. The SMILES string of the molecule is CCOC(=O)N[C@H](CNc1nc(-c2ccncc2)nc2c(/C=C/C(C)=O)csc12)Cc1ccccc1. The normalized spacial score (nSPS) is 11.9. The molecule has 1 atom stereocenters. The lowest BCUT2D eigenvalue weighted by atomic mass is 10.1. The monoisotopic (exact) mass is 501 g/mol. The molecule has 9 heteroatoms. The Morgan fingerprint density at radius 2 is 1.89 bits per heavy atom. The van der Waals surface area contributed by atoms with Crippen LogP contribution in [0.25, 0.3) is 27.7 Å². The van der Waals surface area contributed by atoms with Crippen LogP contribution in [0, 0.1) is 0 Å². The lowest BCUT2D eigenvalue weighted by Gasteiger charge is -2.20. The Hall–Kier alpha value is -4.11. The van der Waals surface area contributed by atoms with Crippen LogP contribution in [0.3, 0.4) is 0 Å². The van der Waals surface area contributed by atoms with Crippen molar-refractivity contribution in [1.29, 1.82) is 0 Å². The number of amides is 1. The summed E-state index contributed by atoms with van der Waals surface area (Å²) in [6.45, 7) is 4.01. The average Bonchev–Trinajstić information content (AvgIpc) is 3.30. The molecule has 0 aliphatic rings. The number of fused-ring (bicyclic) bond motifs is 1. The predicted octanol–water partition coefficient (Wildman–Crippen LogP) is 5.12. The number of nitrogens with zero attached hydrogens (tertiary/aromatic N) is 3.